The SMILES string of the molecule is COc1ccc2ccccc2c1-c1c(OC(=O)[C@]2(C)[C@H](Cl)[C@H]2c2ccccc2)ccc2ccccc12. The molecule has 0 saturated heterocycles. The normalized spacial score (nSPS) is 20.9. The average molecular weight is 493 g/mol. The minimum atomic E-state index is -0.811. The Kier molecular flexibility index (Phi) is 5.46. The van der Waals surface area contributed by atoms with Crippen molar-refractivity contribution in [2.45, 2.75) is 18.2 Å². The van der Waals surface area contributed by atoms with Crippen molar-refractivity contribution in [1.82, 2.24) is 0 Å². The molecule has 0 spiro atoms. The lowest BCUT2D eigenvalue weighted by Crippen LogP contribution is -2.22. The molecule has 0 aliphatic heterocycles. The Bertz CT molecular complexity index is 1610. The first-order valence-electron chi connectivity index (χ1n) is 12.0. The molecule has 6 rings (SSSR count). The van der Waals surface area contributed by atoms with E-state index < -0.39 is 5.41 Å². The molecule has 5 aromatic carbocycles. The van der Waals surface area contributed by atoms with Crippen LogP contribution in [0.2, 0.25) is 0 Å². The van der Waals surface area contributed by atoms with Crippen LogP contribution in [0.15, 0.2) is 103 Å². The van der Waals surface area contributed by atoms with Gasteiger partial charge in [0.2, 0.25) is 0 Å². The zero-order valence-corrected chi connectivity index (χ0v) is 20.8. The van der Waals surface area contributed by atoms with Crippen LogP contribution in [0.5, 0.6) is 11.5 Å². The number of benzene rings is 5. The molecule has 1 saturated carbocycles. The number of carbonyl (C=O) groups excluding carboxylic acids is 1. The fourth-order valence-corrected chi connectivity index (χ4v) is 5.92. The summed E-state index contributed by atoms with van der Waals surface area (Å²) in [5.41, 5.74) is 1.97. The van der Waals surface area contributed by atoms with Crippen molar-refractivity contribution in [3.8, 4) is 22.6 Å². The molecule has 0 heterocycles. The standard InChI is InChI=1S/C32H25ClO3/c1-32(29(30(32)33)22-12-4-3-5-13-22)31(34)36-26-19-17-21-11-7-9-15-24(21)28(26)27-23-14-8-6-10-20(23)16-18-25(27)35-2/h3-19,29-30H,1-2H3/t29-,30-,32+/m1/s1. The largest absolute Gasteiger partial charge is 0.496 e. The van der Waals surface area contributed by atoms with Crippen molar-refractivity contribution < 1.29 is 14.3 Å². The van der Waals surface area contributed by atoms with E-state index in [1.807, 2.05) is 85.8 Å². The minimum Gasteiger partial charge on any atom is -0.496 e. The summed E-state index contributed by atoms with van der Waals surface area (Å²) in [5, 5.41) is 3.82. The second-order valence-electron chi connectivity index (χ2n) is 9.49. The first-order valence-corrected chi connectivity index (χ1v) is 12.5. The maximum atomic E-state index is 13.7. The lowest BCUT2D eigenvalue weighted by molar-refractivity contribution is -0.139. The van der Waals surface area contributed by atoms with Crippen LogP contribution >= 0.6 is 11.6 Å². The quantitative estimate of drug-likeness (QED) is 0.142. The second kappa shape index (κ2) is 8.69. The van der Waals surface area contributed by atoms with Crippen LogP contribution in [0.4, 0.5) is 0 Å². The summed E-state index contributed by atoms with van der Waals surface area (Å²) < 4.78 is 12.1. The van der Waals surface area contributed by atoms with Gasteiger partial charge in [0.05, 0.1) is 17.9 Å². The van der Waals surface area contributed by atoms with E-state index in [0.29, 0.717) is 5.75 Å². The highest BCUT2D eigenvalue weighted by atomic mass is 35.5. The lowest BCUT2D eigenvalue weighted by atomic mass is 9.92. The number of ether oxygens (including phenoxy) is 2. The number of rotatable bonds is 5. The van der Waals surface area contributed by atoms with Crippen LogP contribution in [0.3, 0.4) is 0 Å². The van der Waals surface area contributed by atoms with Crippen molar-refractivity contribution in [3.05, 3.63) is 109 Å². The zero-order chi connectivity index (χ0) is 24.9. The van der Waals surface area contributed by atoms with Gasteiger partial charge in [0.1, 0.15) is 11.5 Å². The summed E-state index contributed by atoms with van der Waals surface area (Å²) >= 11 is 6.71. The fourth-order valence-electron chi connectivity index (χ4n) is 5.36. The van der Waals surface area contributed by atoms with Gasteiger partial charge in [-0.2, -0.15) is 0 Å². The molecule has 0 radical (unpaired) electrons. The molecule has 4 heteroatoms. The summed E-state index contributed by atoms with van der Waals surface area (Å²) in [6, 6.07) is 34.1. The van der Waals surface area contributed by atoms with Crippen molar-refractivity contribution >= 4 is 39.1 Å². The van der Waals surface area contributed by atoms with Crippen LogP contribution in [0.25, 0.3) is 32.7 Å². The molecule has 0 N–H and O–H groups in total. The Morgan fingerprint density at radius 1 is 0.722 bits per heavy atom. The van der Waals surface area contributed by atoms with Gasteiger partial charge in [-0.05, 0) is 46.2 Å². The van der Waals surface area contributed by atoms with Gasteiger partial charge < -0.3 is 9.47 Å². The number of halogens is 1. The molecule has 3 atom stereocenters. The number of fused-ring (bicyclic) bond motifs is 2. The Labute approximate surface area is 215 Å². The molecular formula is C32H25ClO3. The summed E-state index contributed by atoms with van der Waals surface area (Å²) in [6.45, 7) is 1.89. The van der Waals surface area contributed by atoms with E-state index in [-0.39, 0.29) is 17.3 Å². The van der Waals surface area contributed by atoms with Gasteiger partial charge in [0, 0.05) is 17.0 Å². The van der Waals surface area contributed by atoms with Gasteiger partial charge in [-0.15, -0.1) is 11.6 Å². The van der Waals surface area contributed by atoms with Gasteiger partial charge >= 0.3 is 5.97 Å². The first kappa shape index (κ1) is 22.6. The number of hydrogen-bond acceptors (Lipinski definition) is 3. The molecule has 178 valence electrons. The highest BCUT2D eigenvalue weighted by Gasteiger charge is 2.67. The highest BCUT2D eigenvalue weighted by molar-refractivity contribution is 6.27. The first-order chi connectivity index (χ1) is 17.5. The molecule has 0 amide bonds. The number of carbonyl (C=O) groups is 1. The van der Waals surface area contributed by atoms with Crippen molar-refractivity contribution in [3.63, 3.8) is 0 Å². The maximum absolute atomic E-state index is 13.7. The predicted octanol–water partition coefficient (Wildman–Crippen LogP) is 7.99. The Balaban J connectivity index is 1.51. The smallest absolute Gasteiger partial charge is 0.319 e. The third kappa shape index (κ3) is 3.46. The van der Waals surface area contributed by atoms with Crippen LogP contribution < -0.4 is 9.47 Å². The van der Waals surface area contributed by atoms with Crippen molar-refractivity contribution in [2.24, 2.45) is 5.41 Å². The van der Waals surface area contributed by atoms with E-state index in [4.69, 9.17) is 21.1 Å². The monoisotopic (exact) mass is 492 g/mol. The molecule has 3 nitrogen and oxygen atoms in total. The van der Waals surface area contributed by atoms with Gasteiger partial charge in [-0.1, -0.05) is 91.0 Å². The van der Waals surface area contributed by atoms with Gasteiger partial charge in [0.25, 0.3) is 0 Å². The Morgan fingerprint density at radius 2 is 1.25 bits per heavy atom. The lowest BCUT2D eigenvalue weighted by Gasteiger charge is -2.19. The Morgan fingerprint density at radius 3 is 1.86 bits per heavy atom. The Hall–Kier alpha value is -3.82. The molecule has 1 aliphatic rings. The number of methoxy groups -OCH3 is 1. The van der Waals surface area contributed by atoms with E-state index in [2.05, 4.69) is 24.3 Å². The number of esters is 1. The number of hydrogen-bond donors (Lipinski definition) is 0. The van der Waals surface area contributed by atoms with Crippen molar-refractivity contribution in [2.75, 3.05) is 7.11 Å². The average Bonchev–Trinajstić information content (AvgIpc) is 3.49. The molecule has 5 aromatic rings. The van der Waals surface area contributed by atoms with Crippen LogP contribution in [0.1, 0.15) is 18.4 Å². The minimum absolute atomic E-state index is 0.0936. The topological polar surface area (TPSA) is 35.5 Å². The van der Waals surface area contributed by atoms with E-state index in [9.17, 15) is 4.79 Å². The zero-order valence-electron chi connectivity index (χ0n) is 20.1. The molecule has 0 unspecified atom stereocenters. The molecular weight excluding hydrogens is 468 g/mol. The molecule has 0 aromatic heterocycles. The third-order valence-electron chi connectivity index (χ3n) is 7.46. The maximum Gasteiger partial charge on any atom is 0.319 e. The summed E-state index contributed by atoms with van der Waals surface area (Å²) in [7, 11) is 1.66. The highest BCUT2D eigenvalue weighted by Crippen LogP contribution is 2.63. The summed E-state index contributed by atoms with van der Waals surface area (Å²) in [4.78, 5) is 13.7. The van der Waals surface area contributed by atoms with Crippen molar-refractivity contribution in [1.29, 1.82) is 0 Å². The molecule has 0 bridgehead atoms. The third-order valence-corrected chi connectivity index (χ3v) is 8.16. The molecule has 1 aliphatic carbocycles. The second-order valence-corrected chi connectivity index (χ2v) is 9.96. The molecule has 36 heavy (non-hydrogen) atoms. The van der Waals surface area contributed by atoms with Crippen LogP contribution in [-0.4, -0.2) is 18.5 Å². The van der Waals surface area contributed by atoms with E-state index in [1.54, 1.807) is 7.11 Å². The molecule has 1 fully saturated rings. The predicted molar refractivity (Wildman–Crippen MR) is 146 cm³/mol. The van der Waals surface area contributed by atoms with Gasteiger partial charge in [0.15, 0.2) is 0 Å². The van der Waals surface area contributed by atoms with Gasteiger partial charge in [-0.3, -0.25) is 4.79 Å². The summed E-state index contributed by atoms with van der Waals surface area (Å²) in [6.07, 6.45) is 0. The van der Waals surface area contributed by atoms with E-state index >= 15 is 0 Å². The van der Waals surface area contributed by atoms with Crippen LogP contribution in [-0.2, 0) is 4.79 Å². The summed E-state index contributed by atoms with van der Waals surface area (Å²) in [5.74, 6) is 0.797. The number of alkyl halides is 1. The van der Waals surface area contributed by atoms with Crippen LogP contribution in [0, 0.1) is 5.41 Å². The van der Waals surface area contributed by atoms with E-state index in [0.717, 1.165) is 44.0 Å². The fraction of sp³-hybridized carbons (Fsp3) is 0.156. The van der Waals surface area contributed by atoms with Gasteiger partial charge in [-0.25, -0.2) is 0 Å². The van der Waals surface area contributed by atoms with E-state index in [1.165, 1.54) is 0 Å².